The lowest BCUT2D eigenvalue weighted by atomic mass is 10.1. The van der Waals surface area contributed by atoms with Gasteiger partial charge in [0.25, 0.3) is 5.91 Å². The molecule has 2 aromatic carbocycles. The number of aryl methyl sites for hydroxylation is 1. The minimum Gasteiger partial charge on any atom is -0.369 e. The molecule has 0 saturated carbocycles. The first-order chi connectivity index (χ1) is 17.6. The normalized spacial score (nSPS) is 14.1. The molecule has 0 atom stereocenters. The minimum absolute atomic E-state index is 0.444. The van der Waals surface area contributed by atoms with Gasteiger partial charge in [-0.15, -0.1) is 0 Å². The van der Waals surface area contributed by atoms with Crippen LogP contribution in [-0.2, 0) is 6.42 Å². The third-order valence-corrected chi connectivity index (χ3v) is 7.67. The van der Waals surface area contributed by atoms with Gasteiger partial charge in [-0.2, -0.15) is 5.26 Å². The molecule has 1 fully saturated rings. The predicted octanol–water partition coefficient (Wildman–Crippen LogP) is 4.44. The maximum absolute atomic E-state index is 11.6. The van der Waals surface area contributed by atoms with Crippen molar-refractivity contribution in [3.63, 3.8) is 0 Å². The Morgan fingerprint density at radius 3 is 2.67 bits per heavy atom. The zero-order valence-electron chi connectivity index (χ0n) is 20.0. The fourth-order valence-electron chi connectivity index (χ4n) is 4.67. The number of amides is 1. The van der Waals surface area contributed by atoms with Crippen LogP contribution in [0.1, 0.15) is 27.9 Å². The van der Waals surface area contributed by atoms with E-state index in [1.165, 1.54) is 23.0 Å². The molecule has 1 aliphatic heterocycles. The Labute approximate surface area is 214 Å². The second kappa shape index (κ2) is 10.9. The topological polar surface area (TPSA) is 102 Å². The number of aromatic amines is 1. The highest BCUT2D eigenvalue weighted by atomic mass is 32.2. The van der Waals surface area contributed by atoms with Gasteiger partial charge in [-0.05, 0) is 79.5 Å². The summed E-state index contributed by atoms with van der Waals surface area (Å²) in [5, 5.41) is 11.0. The molecule has 182 valence electrons. The fraction of sp³-hybridized carbons (Fsp3) is 0.250. The number of fused-ring (bicyclic) bond motifs is 1. The molecule has 2 aromatic heterocycles. The summed E-state index contributed by atoms with van der Waals surface area (Å²) in [6, 6.07) is 19.9. The number of benzene rings is 2. The second-order valence-corrected chi connectivity index (χ2v) is 10.00. The first-order valence-electron chi connectivity index (χ1n) is 12.1. The lowest BCUT2D eigenvalue weighted by molar-refractivity contribution is 0.0997. The molecule has 1 amide bonds. The lowest BCUT2D eigenvalue weighted by Gasteiger charge is -2.36. The number of anilines is 1. The van der Waals surface area contributed by atoms with Crippen LogP contribution in [0, 0.1) is 11.3 Å². The van der Waals surface area contributed by atoms with Gasteiger partial charge in [0, 0.05) is 60.1 Å². The molecule has 0 bridgehead atoms. The molecule has 1 aliphatic rings. The summed E-state index contributed by atoms with van der Waals surface area (Å²) >= 11 is 1.45. The van der Waals surface area contributed by atoms with E-state index in [9.17, 15) is 10.1 Å². The molecule has 3 N–H and O–H groups in total. The molecule has 8 heteroatoms. The van der Waals surface area contributed by atoms with Crippen molar-refractivity contribution in [2.24, 2.45) is 5.73 Å². The fourth-order valence-corrected chi connectivity index (χ4v) is 5.56. The van der Waals surface area contributed by atoms with E-state index in [1.54, 1.807) is 18.3 Å². The van der Waals surface area contributed by atoms with Crippen LogP contribution in [0.3, 0.4) is 0 Å². The zero-order valence-corrected chi connectivity index (χ0v) is 20.8. The first kappa shape index (κ1) is 23.9. The number of nitrogens with zero attached hydrogens (tertiary/aromatic N) is 4. The van der Waals surface area contributed by atoms with Crippen molar-refractivity contribution in [3.8, 4) is 6.07 Å². The molecule has 0 unspecified atom stereocenters. The number of aromatic nitrogens is 2. The maximum atomic E-state index is 11.6. The monoisotopic (exact) mass is 496 g/mol. The highest BCUT2D eigenvalue weighted by Crippen LogP contribution is 2.30. The SMILES string of the molecule is N#Cc1ccc2[nH]cc(CCCN3CCN(c4ccc(Sc5ncccc5C(N)=O)cc4)CC3)c2c1. The van der Waals surface area contributed by atoms with E-state index in [4.69, 9.17) is 5.73 Å². The average molecular weight is 497 g/mol. The second-order valence-electron chi connectivity index (χ2n) is 8.93. The van der Waals surface area contributed by atoms with Crippen LogP contribution in [-0.4, -0.2) is 53.5 Å². The van der Waals surface area contributed by atoms with Gasteiger partial charge in [0.05, 0.1) is 17.2 Å². The van der Waals surface area contributed by atoms with Gasteiger partial charge < -0.3 is 15.6 Å². The van der Waals surface area contributed by atoms with Gasteiger partial charge in [-0.1, -0.05) is 11.8 Å². The van der Waals surface area contributed by atoms with Crippen molar-refractivity contribution in [2.45, 2.75) is 22.8 Å². The van der Waals surface area contributed by atoms with E-state index in [-0.39, 0.29) is 0 Å². The Bertz CT molecular complexity index is 1400. The maximum Gasteiger partial charge on any atom is 0.251 e. The summed E-state index contributed by atoms with van der Waals surface area (Å²) in [5.74, 6) is -0.463. The average Bonchev–Trinajstić information content (AvgIpc) is 3.32. The van der Waals surface area contributed by atoms with Crippen LogP contribution >= 0.6 is 11.8 Å². The van der Waals surface area contributed by atoms with Gasteiger partial charge in [0.2, 0.25) is 0 Å². The standard InChI is InChI=1S/C28H28N6OS/c29-18-20-5-10-26-25(17-20)21(19-32-26)3-2-12-33-13-15-34(16-14-33)22-6-8-23(9-7-22)36-28-24(27(30)35)4-1-11-31-28/h1,4-11,17,19,32H,2-3,12-16H2,(H2,30,35). The molecule has 4 aromatic rings. The molecule has 0 aliphatic carbocycles. The van der Waals surface area contributed by atoms with Crippen LogP contribution in [0.5, 0.6) is 0 Å². The zero-order chi connectivity index (χ0) is 24.9. The van der Waals surface area contributed by atoms with Gasteiger partial charge in [-0.25, -0.2) is 4.98 Å². The number of nitrogens with one attached hydrogen (secondary N) is 1. The smallest absolute Gasteiger partial charge is 0.251 e. The van der Waals surface area contributed by atoms with E-state index >= 15 is 0 Å². The molecule has 1 saturated heterocycles. The van der Waals surface area contributed by atoms with Gasteiger partial charge in [-0.3, -0.25) is 9.69 Å². The Morgan fingerprint density at radius 2 is 1.92 bits per heavy atom. The van der Waals surface area contributed by atoms with E-state index in [0.717, 1.165) is 61.4 Å². The quantitative estimate of drug-likeness (QED) is 0.374. The third kappa shape index (κ3) is 5.38. The number of nitriles is 1. The Kier molecular flexibility index (Phi) is 7.21. The van der Waals surface area contributed by atoms with Crippen molar-refractivity contribution < 1.29 is 4.79 Å². The van der Waals surface area contributed by atoms with Crippen LogP contribution in [0.2, 0.25) is 0 Å². The summed E-state index contributed by atoms with van der Waals surface area (Å²) < 4.78 is 0. The van der Waals surface area contributed by atoms with Crippen molar-refractivity contribution in [3.05, 3.63) is 83.7 Å². The van der Waals surface area contributed by atoms with Crippen LogP contribution < -0.4 is 10.6 Å². The number of carbonyl (C=O) groups excluding carboxylic acids is 1. The molecule has 5 rings (SSSR count). The van der Waals surface area contributed by atoms with E-state index in [2.05, 4.69) is 56.3 Å². The molecule has 3 heterocycles. The molecule has 0 spiro atoms. The summed E-state index contributed by atoms with van der Waals surface area (Å²) in [6.45, 7) is 5.15. The van der Waals surface area contributed by atoms with E-state index < -0.39 is 5.91 Å². The highest BCUT2D eigenvalue weighted by molar-refractivity contribution is 7.99. The van der Waals surface area contributed by atoms with Gasteiger partial charge in [0.1, 0.15) is 5.03 Å². The third-order valence-electron chi connectivity index (χ3n) is 6.64. The highest BCUT2D eigenvalue weighted by Gasteiger charge is 2.17. The predicted molar refractivity (Wildman–Crippen MR) is 143 cm³/mol. The van der Waals surface area contributed by atoms with Crippen LogP contribution in [0.15, 0.2) is 76.9 Å². The largest absolute Gasteiger partial charge is 0.369 e. The summed E-state index contributed by atoms with van der Waals surface area (Å²) in [7, 11) is 0. The molecule has 36 heavy (non-hydrogen) atoms. The summed E-state index contributed by atoms with van der Waals surface area (Å²) in [5.41, 5.74) is 10.2. The summed E-state index contributed by atoms with van der Waals surface area (Å²) in [6.07, 6.45) is 5.85. The summed E-state index contributed by atoms with van der Waals surface area (Å²) in [4.78, 5) is 25.3. The first-order valence-corrected chi connectivity index (χ1v) is 12.9. The van der Waals surface area contributed by atoms with Crippen LogP contribution in [0.4, 0.5) is 5.69 Å². The number of rotatable bonds is 8. The van der Waals surface area contributed by atoms with Crippen molar-refractivity contribution >= 4 is 34.3 Å². The number of primary amides is 1. The molecular weight excluding hydrogens is 468 g/mol. The van der Waals surface area contributed by atoms with Gasteiger partial charge >= 0.3 is 0 Å². The number of piperazine rings is 1. The minimum atomic E-state index is -0.463. The number of hydrogen-bond acceptors (Lipinski definition) is 6. The van der Waals surface area contributed by atoms with Gasteiger partial charge in [0.15, 0.2) is 0 Å². The molecular formula is C28H28N6OS. The van der Waals surface area contributed by atoms with Crippen LogP contribution in [0.25, 0.3) is 10.9 Å². The van der Waals surface area contributed by atoms with Crippen molar-refractivity contribution in [2.75, 3.05) is 37.6 Å². The Morgan fingerprint density at radius 1 is 1.11 bits per heavy atom. The van der Waals surface area contributed by atoms with E-state index in [0.29, 0.717) is 16.2 Å². The molecule has 7 nitrogen and oxygen atoms in total. The van der Waals surface area contributed by atoms with Crippen molar-refractivity contribution in [1.82, 2.24) is 14.9 Å². The number of pyridine rings is 1. The van der Waals surface area contributed by atoms with Crippen molar-refractivity contribution in [1.29, 1.82) is 5.26 Å². The lowest BCUT2D eigenvalue weighted by Crippen LogP contribution is -2.46. The number of H-pyrrole nitrogens is 1. The Hall–Kier alpha value is -3.80. The number of nitrogens with two attached hydrogens (primary N) is 1. The molecule has 0 radical (unpaired) electrons. The Balaban J connectivity index is 1.11. The number of carbonyl (C=O) groups is 1. The number of hydrogen-bond donors (Lipinski definition) is 2. The van der Waals surface area contributed by atoms with E-state index in [1.807, 2.05) is 18.2 Å².